The van der Waals surface area contributed by atoms with Crippen LogP contribution in [0, 0.1) is 29.8 Å². The van der Waals surface area contributed by atoms with Crippen LogP contribution in [-0.2, 0) is 6.42 Å². The third kappa shape index (κ3) is 4.07. The summed E-state index contributed by atoms with van der Waals surface area (Å²) < 4.78 is 49.1. The number of benzene rings is 2. The zero-order valence-corrected chi connectivity index (χ0v) is 16.3. The highest BCUT2D eigenvalue weighted by Gasteiger charge is 2.45. The number of hydrogen-bond acceptors (Lipinski definition) is 4. The van der Waals surface area contributed by atoms with Crippen LogP contribution < -0.4 is 15.8 Å². The number of aliphatic hydroxyl groups is 1. The number of rotatable bonds is 2. The first-order valence-corrected chi connectivity index (χ1v) is 9.84. The molecule has 0 aromatic heterocycles. The molecular formula is C22H25F3N2O2. The summed E-state index contributed by atoms with van der Waals surface area (Å²) in [7, 11) is 0. The van der Waals surface area contributed by atoms with E-state index in [9.17, 15) is 18.3 Å². The van der Waals surface area contributed by atoms with Crippen molar-refractivity contribution in [2.24, 2.45) is 11.1 Å². The zero-order chi connectivity index (χ0) is 20.8. The third-order valence-corrected chi connectivity index (χ3v) is 6.03. The largest absolute Gasteiger partial charge is 0.489 e. The molecule has 0 bridgehead atoms. The van der Waals surface area contributed by atoms with E-state index in [1.807, 2.05) is 0 Å². The van der Waals surface area contributed by atoms with Crippen molar-refractivity contribution in [3.63, 3.8) is 0 Å². The van der Waals surface area contributed by atoms with Crippen molar-refractivity contribution in [1.29, 1.82) is 0 Å². The highest BCUT2D eigenvalue weighted by Crippen LogP contribution is 2.50. The molecule has 4 nitrogen and oxygen atoms in total. The maximum atomic E-state index is 14.8. The Bertz CT molecular complexity index is 931. The van der Waals surface area contributed by atoms with Crippen molar-refractivity contribution in [2.75, 3.05) is 18.5 Å². The summed E-state index contributed by atoms with van der Waals surface area (Å²) in [4.78, 5) is 0. The number of aliphatic hydroxyl groups excluding tert-OH is 1. The lowest BCUT2D eigenvalue weighted by molar-refractivity contribution is 0.0752. The predicted octanol–water partition coefficient (Wildman–Crippen LogP) is 3.67. The fourth-order valence-corrected chi connectivity index (χ4v) is 3.95. The van der Waals surface area contributed by atoms with Gasteiger partial charge in [-0.15, -0.1) is 0 Å². The molecule has 0 saturated heterocycles. The molecule has 4 N–H and O–H groups in total. The van der Waals surface area contributed by atoms with Crippen LogP contribution in [0.4, 0.5) is 18.9 Å². The fraction of sp³-hybridized carbons (Fsp3) is 0.455. The van der Waals surface area contributed by atoms with Gasteiger partial charge in [-0.25, -0.2) is 13.2 Å². The molecule has 0 amide bonds. The molecule has 7 heteroatoms. The van der Waals surface area contributed by atoms with E-state index >= 15 is 0 Å². The highest BCUT2D eigenvalue weighted by molar-refractivity contribution is 5.64. The summed E-state index contributed by atoms with van der Waals surface area (Å²) in [5.41, 5.74) is 7.34. The van der Waals surface area contributed by atoms with Crippen LogP contribution in [0.25, 0.3) is 0 Å². The first-order chi connectivity index (χ1) is 13.8. The smallest absolute Gasteiger partial charge is 0.164 e. The van der Waals surface area contributed by atoms with Gasteiger partial charge < -0.3 is 20.9 Å². The summed E-state index contributed by atoms with van der Waals surface area (Å²) in [6.07, 6.45) is 1.48. The molecule has 1 aliphatic heterocycles. The summed E-state index contributed by atoms with van der Waals surface area (Å²) in [5, 5.41) is 13.5. The van der Waals surface area contributed by atoms with Gasteiger partial charge in [-0.2, -0.15) is 0 Å². The van der Waals surface area contributed by atoms with Crippen LogP contribution in [-0.4, -0.2) is 30.4 Å². The lowest BCUT2D eigenvalue weighted by atomic mass is 9.93. The molecule has 2 atom stereocenters. The number of anilines is 1. The van der Waals surface area contributed by atoms with Gasteiger partial charge in [0.2, 0.25) is 0 Å². The summed E-state index contributed by atoms with van der Waals surface area (Å²) >= 11 is 0. The maximum Gasteiger partial charge on any atom is 0.164 e. The highest BCUT2D eigenvalue weighted by atomic mass is 19.2. The number of halogens is 3. The number of fused-ring (bicyclic) bond motifs is 1. The Labute approximate surface area is 167 Å². The van der Waals surface area contributed by atoms with Crippen molar-refractivity contribution in [3.8, 4) is 5.75 Å². The molecule has 29 heavy (non-hydrogen) atoms. The first-order valence-electron chi connectivity index (χ1n) is 9.84. The average molecular weight is 406 g/mol. The molecule has 1 aliphatic carbocycles. The molecule has 2 unspecified atom stereocenters. The Morgan fingerprint density at radius 3 is 2.66 bits per heavy atom. The molecule has 2 aromatic carbocycles. The van der Waals surface area contributed by atoms with Gasteiger partial charge in [0.05, 0.1) is 5.69 Å². The van der Waals surface area contributed by atoms with E-state index in [-0.39, 0.29) is 35.3 Å². The molecule has 1 spiro atoms. The minimum atomic E-state index is -1.08. The lowest BCUT2D eigenvalue weighted by Gasteiger charge is -2.29. The minimum Gasteiger partial charge on any atom is -0.489 e. The van der Waals surface area contributed by atoms with Gasteiger partial charge in [0.1, 0.15) is 24.3 Å². The van der Waals surface area contributed by atoms with Gasteiger partial charge in [-0.3, -0.25) is 0 Å². The summed E-state index contributed by atoms with van der Waals surface area (Å²) in [6, 6.07) is 5.19. The Balaban J connectivity index is 1.75. The quantitative estimate of drug-likeness (QED) is 0.712. The molecule has 2 aromatic rings. The first kappa shape index (κ1) is 20.0. The van der Waals surface area contributed by atoms with Gasteiger partial charge in [-0.05, 0) is 48.8 Å². The number of nitrogens with two attached hydrogens (primary N) is 1. The second-order valence-corrected chi connectivity index (χ2v) is 8.40. The lowest BCUT2D eigenvalue weighted by Crippen LogP contribution is -2.42. The number of ether oxygens (including phenoxy) is 1. The normalized spacial score (nSPS) is 23.1. The van der Waals surface area contributed by atoms with Crippen LogP contribution in [0.15, 0.2) is 24.3 Å². The standard InChI is InChI=1S/C22H25F3N2O2/c1-12-2-3-13(15(23)6-12)7-14-20(25)16(24)8-19-21(14)27-11-22(4-5-22)9-17(26)18(28)10-29-19/h2-3,6,8,17-18,27-28H,4-5,7,9-11,26H2,1H3. The van der Waals surface area contributed by atoms with Gasteiger partial charge in [-0.1, -0.05) is 12.1 Å². The average Bonchev–Trinajstić information content (AvgIpc) is 3.43. The third-order valence-electron chi connectivity index (χ3n) is 6.03. The minimum absolute atomic E-state index is 0.0120. The molecule has 0 radical (unpaired) electrons. The Morgan fingerprint density at radius 1 is 1.21 bits per heavy atom. The topological polar surface area (TPSA) is 67.5 Å². The summed E-state index contributed by atoms with van der Waals surface area (Å²) in [6.45, 7) is 2.13. The molecule has 1 fully saturated rings. The Kier molecular flexibility index (Phi) is 5.21. The maximum absolute atomic E-state index is 14.8. The van der Waals surface area contributed by atoms with Gasteiger partial charge in [0, 0.05) is 30.6 Å². The van der Waals surface area contributed by atoms with Gasteiger partial charge in [0.15, 0.2) is 11.6 Å². The summed E-state index contributed by atoms with van der Waals surface area (Å²) in [5.74, 6) is -2.48. The van der Waals surface area contributed by atoms with E-state index in [0.29, 0.717) is 18.7 Å². The van der Waals surface area contributed by atoms with Crippen molar-refractivity contribution < 1.29 is 23.0 Å². The molecular weight excluding hydrogens is 381 g/mol. The van der Waals surface area contributed by atoms with Crippen LogP contribution in [0.5, 0.6) is 5.75 Å². The zero-order valence-electron chi connectivity index (χ0n) is 16.3. The molecule has 1 saturated carbocycles. The van der Waals surface area contributed by atoms with Crippen LogP contribution in [0.3, 0.4) is 0 Å². The second-order valence-electron chi connectivity index (χ2n) is 8.40. The monoisotopic (exact) mass is 406 g/mol. The van der Waals surface area contributed by atoms with Crippen LogP contribution in [0.2, 0.25) is 0 Å². The SMILES string of the molecule is Cc1ccc(Cc2c(F)c(F)cc3c2NCC2(CC2)CC(N)C(O)CO3)c(F)c1. The molecule has 4 rings (SSSR count). The van der Waals surface area contributed by atoms with Crippen LogP contribution in [0.1, 0.15) is 36.0 Å². The number of nitrogens with one attached hydrogen (secondary N) is 1. The van der Waals surface area contributed by atoms with Gasteiger partial charge in [0.25, 0.3) is 0 Å². The Hall–Kier alpha value is -2.25. The van der Waals surface area contributed by atoms with E-state index in [0.717, 1.165) is 24.5 Å². The number of aryl methyl sites for hydroxylation is 1. The predicted molar refractivity (Wildman–Crippen MR) is 105 cm³/mol. The van der Waals surface area contributed by atoms with Crippen molar-refractivity contribution in [2.45, 2.75) is 44.8 Å². The van der Waals surface area contributed by atoms with Crippen molar-refractivity contribution in [1.82, 2.24) is 0 Å². The molecule has 156 valence electrons. The van der Waals surface area contributed by atoms with E-state index in [1.54, 1.807) is 19.1 Å². The molecule has 2 aliphatic rings. The molecule has 1 heterocycles. The van der Waals surface area contributed by atoms with Gasteiger partial charge >= 0.3 is 0 Å². The van der Waals surface area contributed by atoms with Crippen molar-refractivity contribution >= 4 is 5.69 Å². The van der Waals surface area contributed by atoms with E-state index < -0.39 is 29.6 Å². The fourth-order valence-electron chi connectivity index (χ4n) is 3.95. The second kappa shape index (κ2) is 7.54. The van der Waals surface area contributed by atoms with Crippen LogP contribution >= 0.6 is 0 Å². The van der Waals surface area contributed by atoms with E-state index in [4.69, 9.17) is 10.5 Å². The van der Waals surface area contributed by atoms with E-state index in [1.165, 1.54) is 6.07 Å². The number of hydrogen-bond donors (Lipinski definition) is 3. The Morgan fingerprint density at radius 2 is 1.97 bits per heavy atom. The van der Waals surface area contributed by atoms with Crippen molar-refractivity contribution in [3.05, 3.63) is 58.4 Å². The van der Waals surface area contributed by atoms with E-state index in [2.05, 4.69) is 5.32 Å².